The van der Waals surface area contributed by atoms with Crippen LogP contribution >= 0.6 is 15.6 Å². The fourth-order valence-corrected chi connectivity index (χ4v) is 12.4. The fraction of sp³-hybridized carbons (Fsp3) is 0.944. The number of carbonyl (C=O) groups excluding carboxylic acids is 4. The third-order valence-electron chi connectivity index (χ3n) is 16.9. The van der Waals surface area contributed by atoms with Crippen molar-refractivity contribution >= 4 is 39.5 Å². The summed E-state index contributed by atoms with van der Waals surface area (Å²) in [6.07, 6.45) is 44.6. The average molecular weight is 1340 g/mol. The summed E-state index contributed by atoms with van der Waals surface area (Å²) >= 11 is 0. The van der Waals surface area contributed by atoms with Gasteiger partial charge in [-0.3, -0.25) is 37.3 Å². The normalized spacial score (nSPS) is 14.5. The molecular formula is C72H140O17P2. The van der Waals surface area contributed by atoms with Crippen LogP contribution in [0.25, 0.3) is 0 Å². The predicted octanol–water partition coefficient (Wildman–Crippen LogP) is 20.5. The first-order valence-corrected chi connectivity index (χ1v) is 40.2. The first kappa shape index (κ1) is 89.1. The summed E-state index contributed by atoms with van der Waals surface area (Å²) in [7, 11) is -9.90. The largest absolute Gasteiger partial charge is 0.472 e. The van der Waals surface area contributed by atoms with Gasteiger partial charge in [-0.25, -0.2) is 9.13 Å². The lowest BCUT2D eigenvalue weighted by molar-refractivity contribution is -0.161. The number of phosphoric acid groups is 2. The second-order valence-electron chi connectivity index (χ2n) is 27.6. The second-order valence-corrected chi connectivity index (χ2v) is 30.6. The number of hydrogen-bond donors (Lipinski definition) is 3. The lowest BCUT2D eigenvalue weighted by Crippen LogP contribution is -2.30. The molecule has 0 aliphatic heterocycles. The number of phosphoric ester groups is 2. The highest BCUT2D eigenvalue weighted by atomic mass is 31.2. The van der Waals surface area contributed by atoms with E-state index in [0.29, 0.717) is 31.6 Å². The van der Waals surface area contributed by atoms with Gasteiger partial charge in [0.1, 0.15) is 19.3 Å². The minimum Gasteiger partial charge on any atom is -0.462 e. The summed E-state index contributed by atoms with van der Waals surface area (Å²) < 4.78 is 68.3. The Labute approximate surface area is 556 Å². The van der Waals surface area contributed by atoms with Crippen molar-refractivity contribution in [3.05, 3.63) is 0 Å². The number of esters is 4. The zero-order valence-electron chi connectivity index (χ0n) is 59.5. The monoisotopic (exact) mass is 1340 g/mol. The zero-order valence-corrected chi connectivity index (χ0v) is 61.3. The van der Waals surface area contributed by atoms with Gasteiger partial charge in [-0.1, -0.05) is 306 Å². The molecule has 0 aliphatic carbocycles. The van der Waals surface area contributed by atoms with E-state index in [-0.39, 0.29) is 25.7 Å². The molecule has 91 heavy (non-hydrogen) atoms. The maximum atomic E-state index is 13.0. The number of hydrogen-bond acceptors (Lipinski definition) is 15. The van der Waals surface area contributed by atoms with Crippen LogP contribution in [0.1, 0.15) is 357 Å². The first-order chi connectivity index (χ1) is 43.6. The Bertz CT molecular complexity index is 1800. The van der Waals surface area contributed by atoms with Gasteiger partial charge in [0.2, 0.25) is 0 Å². The van der Waals surface area contributed by atoms with Crippen LogP contribution < -0.4 is 0 Å². The summed E-state index contributed by atoms with van der Waals surface area (Å²) in [5.41, 5.74) is 0. The van der Waals surface area contributed by atoms with Crippen LogP contribution in [-0.2, 0) is 65.4 Å². The molecule has 17 nitrogen and oxygen atoms in total. The number of carbonyl (C=O) groups is 4. The molecule has 0 rings (SSSR count). The van der Waals surface area contributed by atoms with Crippen molar-refractivity contribution < 1.29 is 80.2 Å². The summed E-state index contributed by atoms with van der Waals surface area (Å²) in [6, 6.07) is 0. The van der Waals surface area contributed by atoms with E-state index < -0.39 is 97.5 Å². The van der Waals surface area contributed by atoms with Crippen LogP contribution in [0.2, 0.25) is 0 Å². The maximum absolute atomic E-state index is 13.0. The van der Waals surface area contributed by atoms with Crippen molar-refractivity contribution in [1.82, 2.24) is 0 Å². The van der Waals surface area contributed by atoms with E-state index in [1.165, 1.54) is 154 Å². The zero-order chi connectivity index (χ0) is 67.5. The van der Waals surface area contributed by atoms with Crippen molar-refractivity contribution in [3.63, 3.8) is 0 Å². The quantitative estimate of drug-likeness (QED) is 0.0222. The predicted molar refractivity (Wildman–Crippen MR) is 367 cm³/mol. The van der Waals surface area contributed by atoms with Crippen molar-refractivity contribution in [2.45, 2.75) is 375 Å². The highest BCUT2D eigenvalue weighted by molar-refractivity contribution is 7.47. The number of rotatable bonds is 69. The molecule has 0 aromatic rings. The van der Waals surface area contributed by atoms with Crippen molar-refractivity contribution in [1.29, 1.82) is 0 Å². The molecule has 0 saturated carbocycles. The van der Waals surface area contributed by atoms with E-state index in [2.05, 4.69) is 55.4 Å². The molecule has 0 heterocycles. The van der Waals surface area contributed by atoms with Crippen molar-refractivity contribution in [2.75, 3.05) is 39.6 Å². The number of aliphatic hydroxyl groups excluding tert-OH is 1. The molecule has 0 amide bonds. The molecule has 6 atom stereocenters. The van der Waals surface area contributed by atoms with E-state index in [1.54, 1.807) is 0 Å². The van der Waals surface area contributed by atoms with E-state index in [9.17, 15) is 43.2 Å². The fourth-order valence-electron chi connectivity index (χ4n) is 10.8. The van der Waals surface area contributed by atoms with Crippen LogP contribution in [-0.4, -0.2) is 96.7 Å². The number of aliphatic hydroxyl groups is 1. The molecule has 3 unspecified atom stereocenters. The van der Waals surface area contributed by atoms with E-state index >= 15 is 0 Å². The Balaban J connectivity index is 5.21. The molecule has 0 spiro atoms. The summed E-state index contributed by atoms with van der Waals surface area (Å²) in [6.45, 7) is 14.1. The Morgan fingerprint density at radius 3 is 0.780 bits per heavy atom. The average Bonchev–Trinajstić information content (AvgIpc) is 3.52. The van der Waals surface area contributed by atoms with Crippen LogP contribution in [0.5, 0.6) is 0 Å². The lowest BCUT2D eigenvalue weighted by atomic mass is 9.99. The SMILES string of the molecule is CCC(C)CCCCCCCCCCCCCCCCC(=O)OC[C@H](COP(=O)(O)OC[C@@H](O)COP(=O)(O)OC[C@@H](COC(=O)CCCCCCCCC(C)C)OC(=O)CCCCCCCCCCCC(C)C)OC(=O)CCCCCCCCCCCC(C)C. The highest BCUT2D eigenvalue weighted by Crippen LogP contribution is 2.45. The highest BCUT2D eigenvalue weighted by Gasteiger charge is 2.30. The molecule has 0 radical (unpaired) electrons. The van der Waals surface area contributed by atoms with Gasteiger partial charge in [0, 0.05) is 25.7 Å². The van der Waals surface area contributed by atoms with Gasteiger partial charge < -0.3 is 33.8 Å². The third-order valence-corrected chi connectivity index (χ3v) is 18.8. The summed E-state index contributed by atoms with van der Waals surface area (Å²) in [5.74, 6) is 0.873. The Kier molecular flexibility index (Phi) is 60.3. The lowest BCUT2D eigenvalue weighted by Gasteiger charge is -2.21. The maximum Gasteiger partial charge on any atom is 0.472 e. The van der Waals surface area contributed by atoms with Gasteiger partial charge >= 0.3 is 39.5 Å². The van der Waals surface area contributed by atoms with Crippen LogP contribution in [0, 0.1) is 23.7 Å². The molecule has 0 fully saturated rings. The van der Waals surface area contributed by atoms with Gasteiger partial charge in [0.05, 0.1) is 26.4 Å². The molecule has 3 N–H and O–H groups in total. The van der Waals surface area contributed by atoms with Crippen molar-refractivity contribution in [2.24, 2.45) is 23.7 Å². The van der Waals surface area contributed by atoms with Crippen molar-refractivity contribution in [3.8, 4) is 0 Å². The van der Waals surface area contributed by atoms with Gasteiger partial charge in [0.15, 0.2) is 12.2 Å². The first-order valence-electron chi connectivity index (χ1n) is 37.2. The molecule has 19 heteroatoms. The van der Waals surface area contributed by atoms with Gasteiger partial charge in [0.25, 0.3) is 0 Å². The van der Waals surface area contributed by atoms with Crippen LogP contribution in [0.3, 0.4) is 0 Å². The molecule has 0 aromatic heterocycles. The minimum absolute atomic E-state index is 0.104. The summed E-state index contributed by atoms with van der Waals surface area (Å²) in [5, 5.41) is 10.6. The van der Waals surface area contributed by atoms with Gasteiger partial charge in [-0.05, 0) is 49.4 Å². The summed E-state index contributed by atoms with van der Waals surface area (Å²) in [4.78, 5) is 72.6. The number of unbranched alkanes of at least 4 members (excludes halogenated alkanes) is 34. The van der Waals surface area contributed by atoms with E-state index in [4.69, 9.17) is 37.0 Å². The van der Waals surface area contributed by atoms with E-state index in [1.807, 2.05) is 0 Å². The second kappa shape index (κ2) is 61.6. The molecule has 0 bridgehead atoms. The van der Waals surface area contributed by atoms with E-state index in [0.717, 1.165) is 114 Å². The standard InChI is InChI=1S/C72H140O17P2/c1-9-65(8)51-43-35-26-20-14-12-10-11-13-15-21-27-36-44-52-69(74)82-58-67(88-71(76)54-46-38-28-22-16-18-24-32-40-48-62(2)3)60-86-90(78,79)84-56-66(73)57-85-91(80,81)87-61-68(59-83-70(75)53-45-37-31-30-34-42-50-64(6)7)89-72(77)55-47-39-29-23-17-19-25-33-41-49-63(4)5/h62-68,73H,9-61H2,1-8H3,(H,78,79)(H,80,81)/t65?,66-,67-,68-/m1/s1. The molecule has 0 aromatic carbocycles. The van der Waals surface area contributed by atoms with Crippen LogP contribution in [0.15, 0.2) is 0 Å². The number of ether oxygens (including phenoxy) is 4. The molecule has 0 aliphatic rings. The van der Waals surface area contributed by atoms with Gasteiger partial charge in [-0.2, -0.15) is 0 Å². The third kappa shape index (κ3) is 65.1. The Morgan fingerprint density at radius 2 is 0.527 bits per heavy atom. The van der Waals surface area contributed by atoms with Gasteiger partial charge in [-0.15, -0.1) is 0 Å². The molecular weight excluding hydrogens is 1200 g/mol. The van der Waals surface area contributed by atoms with Crippen LogP contribution in [0.4, 0.5) is 0 Å². The Hall–Kier alpha value is -1.94. The molecule has 540 valence electrons. The molecule has 0 saturated heterocycles. The topological polar surface area (TPSA) is 237 Å². The Morgan fingerprint density at radius 1 is 0.308 bits per heavy atom. The smallest absolute Gasteiger partial charge is 0.462 e. The minimum atomic E-state index is -4.95.